The van der Waals surface area contributed by atoms with E-state index in [4.69, 9.17) is 45.1 Å². The maximum Gasteiger partial charge on any atom is 0.325 e. The number of hydrogen-bond donors (Lipinski definition) is 4. The molecule has 3 rings (SSSR count). The third-order valence-corrected chi connectivity index (χ3v) is 7.88. The minimum atomic E-state index is -1.78. The van der Waals surface area contributed by atoms with E-state index in [1.165, 1.54) is 11.9 Å². The third-order valence-electron chi connectivity index (χ3n) is 7.55. The molecule has 4 N–H and O–H groups in total. The van der Waals surface area contributed by atoms with Crippen molar-refractivity contribution in [2.75, 3.05) is 19.7 Å². The number of benzene rings is 1. The van der Waals surface area contributed by atoms with Gasteiger partial charge in [-0.25, -0.2) is 5.43 Å². The van der Waals surface area contributed by atoms with E-state index >= 15 is 0 Å². The molecule has 1 aliphatic heterocycles. The van der Waals surface area contributed by atoms with Crippen LogP contribution in [0.1, 0.15) is 64.3 Å². The Kier molecular flexibility index (Phi) is 13.9. The lowest BCUT2D eigenvalue weighted by Crippen LogP contribution is -2.60. The number of esters is 1. The minimum Gasteiger partial charge on any atom is -0.460 e. The number of hydrogen-bond acceptors (Lipinski definition) is 9. The summed E-state index contributed by atoms with van der Waals surface area (Å²) in [4.78, 5) is 59.5. The van der Waals surface area contributed by atoms with Crippen LogP contribution >= 0.6 is 34.8 Å². The summed E-state index contributed by atoms with van der Waals surface area (Å²) in [6, 6.07) is 4.36. The number of azide groups is 1. The maximum absolute atomic E-state index is 13.4. The van der Waals surface area contributed by atoms with Gasteiger partial charge in [0.25, 0.3) is 5.91 Å². The number of aliphatic hydroxyl groups excluding tert-OH is 1. The van der Waals surface area contributed by atoms with E-state index in [-0.39, 0.29) is 19.5 Å². The first-order valence-electron chi connectivity index (χ1n) is 15.2. The van der Waals surface area contributed by atoms with Crippen LogP contribution in [0, 0.1) is 5.41 Å². The van der Waals surface area contributed by atoms with Crippen LogP contribution in [0.15, 0.2) is 41.7 Å². The molecule has 14 nitrogen and oxygen atoms in total. The first kappa shape index (κ1) is 38.8. The molecule has 0 unspecified atom stereocenters. The number of carbonyl (C=O) groups is 4. The lowest BCUT2D eigenvalue weighted by molar-refractivity contribution is -0.152. The fourth-order valence-electron chi connectivity index (χ4n) is 4.72. The van der Waals surface area contributed by atoms with Crippen LogP contribution in [0.4, 0.5) is 0 Å². The number of halogens is 3. The molecule has 260 valence electrons. The molecule has 2 heterocycles. The van der Waals surface area contributed by atoms with Crippen LogP contribution in [0.5, 0.6) is 0 Å². The highest BCUT2D eigenvalue weighted by Gasteiger charge is 2.34. The van der Waals surface area contributed by atoms with Crippen molar-refractivity contribution in [2.24, 2.45) is 10.5 Å². The summed E-state index contributed by atoms with van der Waals surface area (Å²) in [7, 11) is 0. The number of rotatable bonds is 13. The second kappa shape index (κ2) is 17.1. The zero-order chi connectivity index (χ0) is 35.6. The zero-order valence-corrected chi connectivity index (χ0v) is 29.2. The Hall–Kier alpha value is -3.65. The van der Waals surface area contributed by atoms with Crippen LogP contribution in [-0.2, 0) is 23.9 Å². The van der Waals surface area contributed by atoms with Gasteiger partial charge in [-0.15, -0.1) is 0 Å². The van der Waals surface area contributed by atoms with Gasteiger partial charge in [0.1, 0.15) is 24.7 Å². The van der Waals surface area contributed by atoms with Gasteiger partial charge in [-0.05, 0) is 81.6 Å². The Labute approximate surface area is 293 Å². The van der Waals surface area contributed by atoms with Gasteiger partial charge in [-0.3, -0.25) is 29.2 Å². The number of aromatic nitrogens is 1. The van der Waals surface area contributed by atoms with Crippen LogP contribution in [0.3, 0.4) is 0 Å². The maximum atomic E-state index is 13.4. The molecule has 1 fully saturated rings. The number of alkyl halides is 3. The van der Waals surface area contributed by atoms with E-state index < -0.39 is 63.7 Å². The van der Waals surface area contributed by atoms with Crippen molar-refractivity contribution in [1.82, 2.24) is 26.1 Å². The monoisotopic (exact) mass is 724 g/mol. The number of aliphatic hydroxyl groups is 1. The lowest BCUT2D eigenvalue weighted by Gasteiger charge is -2.34. The normalized spacial score (nSPS) is 17.2. The smallest absolute Gasteiger partial charge is 0.325 e. The molecule has 1 aromatic carbocycles. The SMILES string of the molecule is C[C@H](NC(=O)[C@H](CCN=[N+]=[N-])NC(=O)C(C)(C)C=Cc1cc2cc([C@@H](C)O)ccc2cn1)C(=O)N1CCC[C@@H](C(=O)OCC(Cl)(Cl)Cl)N1. The Morgan fingerprint density at radius 1 is 1.21 bits per heavy atom. The van der Waals surface area contributed by atoms with Crippen molar-refractivity contribution in [2.45, 2.75) is 75.0 Å². The first-order valence-corrected chi connectivity index (χ1v) is 16.3. The van der Waals surface area contributed by atoms with Crippen LogP contribution in [-0.4, -0.2) is 80.4 Å². The molecule has 1 aromatic heterocycles. The largest absolute Gasteiger partial charge is 0.460 e. The number of amides is 3. The van der Waals surface area contributed by atoms with Crippen molar-refractivity contribution in [3.63, 3.8) is 0 Å². The fourth-order valence-corrected chi connectivity index (χ4v) is 4.88. The van der Waals surface area contributed by atoms with Crippen molar-refractivity contribution in [3.05, 3.63) is 58.2 Å². The van der Waals surface area contributed by atoms with Crippen molar-refractivity contribution >= 4 is 75.3 Å². The Morgan fingerprint density at radius 3 is 2.60 bits per heavy atom. The van der Waals surface area contributed by atoms with E-state index in [2.05, 4.69) is 31.1 Å². The summed E-state index contributed by atoms with van der Waals surface area (Å²) in [5.74, 6) is -2.40. The molecule has 3 amide bonds. The van der Waals surface area contributed by atoms with Gasteiger partial charge < -0.3 is 20.5 Å². The Bertz CT molecular complexity index is 1580. The van der Waals surface area contributed by atoms with Gasteiger partial charge in [0.2, 0.25) is 15.6 Å². The van der Waals surface area contributed by atoms with Gasteiger partial charge in [0, 0.05) is 29.6 Å². The van der Waals surface area contributed by atoms with Gasteiger partial charge in [0.05, 0.1) is 17.2 Å². The average Bonchev–Trinajstić information content (AvgIpc) is 3.04. The fraction of sp³-hybridized carbons (Fsp3) is 0.516. The number of pyridine rings is 1. The van der Waals surface area contributed by atoms with E-state index in [0.717, 1.165) is 16.3 Å². The highest BCUT2D eigenvalue weighted by atomic mass is 35.6. The van der Waals surface area contributed by atoms with E-state index in [9.17, 15) is 24.3 Å². The number of ether oxygens (including phenoxy) is 1. The standard InChI is InChI=1S/C31H39Cl3N8O6/c1-18(27(45)42-13-5-6-25(40-42)28(46)48-17-31(32,33)34)38-26(44)24(10-12-37-41-35)39-29(47)30(3,4)11-9-23-15-22-14-20(19(2)43)7-8-21(22)16-36-23/h7-9,11,14-16,18-19,24-25,40,43H,5-6,10,12-13,17H2,1-4H3,(H,38,44)(H,39,47)/t18-,19+,24-,25-/m0/s1. The summed E-state index contributed by atoms with van der Waals surface area (Å²) in [5.41, 5.74) is 11.8. The van der Waals surface area contributed by atoms with E-state index in [0.29, 0.717) is 18.5 Å². The second-order valence-electron chi connectivity index (χ2n) is 12.0. The number of nitrogens with one attached hydrogen (secondary N) is 3. The molecular weight excluding hydrogens is 687 g/mol. The molecule has 0 saturated carbocycles. The number of hydrazine groups is 1. The van der Waals surface area contributed by atoms with Crippen molar-refractivity contribution in [1.29, 1.82) is 0 Å². The first-order chi connectivity index (χ1) is 22.5. The Morgan fingerprint density at radius 2 is 1.94 bits per heavy atom. The summed E-state index contributed by atoms with van der Waals surface area (Å²) in [6.07, 6.45) is 5.24. The van der Waals surface area contributed by atoms with Crippen molar-refractivity contribution in [3.8, 4) is 0 Å². The van der Waals surface area contributed by atoms with Crippen LogP contribution in [0.2, 0.25) is 0 Å². The minimum absolute atomic E-state index is 0.0285. The molecule has 4 atom stereocenters. The predicted octanol–water partition coefficient (Wildman–Crippen LogP) is 4.43. The summed E-state index contributed by atoms with van der Waals surface area (Å²) >= 11 is 16.9. The quantitative estimate of drug-likeness (QED) is 0.0764. The van der Waals surface area contributed by atoms with Gasteiger partial charge in [-0.1, -0.05) is 58.1 Å². The molecule has 0 aliphatic carbocycles. The topological polar surface area (TPSA) is 199 Å². The molecule has 1 saturated heterocycles. The molecule has 17 heteroatoms. The Balaban J connectivity index is 1.66. The molecule has 2 aromatic rings. The second-order valence-corrected chi connectivity index (χ2v) is 14.5. The summed E-state index contributed by atoms with van der Waals surface area (Å²) in [5, 5.41) is 21.7. The van der Waals surface area contributed by atoms with Gasteiger partial charge in [-0.2, -0.15) is 0 Å². The molecule has 0 radical (unpaired) electrons. The third kappa shape index (κ3) is 11.5. The molecular formula is C31H39Cl3N8O6. The van der Waals surface area contributed by atoms with Crippen molar-refractivity contribution < 1.29 is 29.0 Å². The number of carbonyl (C=O) groups excluding carboxylic acids is 4. The van der Waals surface area contributed by atoms with E-state index in [1.807, 2.05) is 24.3 Å². The molecule has 0 bridgehead atoms. The van der Waals surface area contributed by atoms with E-state index in [1.54, 1.807) is 39.1 Å². The average molecular weight is 726 g/mol. The predicted molar refractivity (Wildman–Crippen MR) is 182 cm³/mol. The lowest BCUT2D eigenvalue weighted by atomic mass is 9.90. The zero-order valence-electron chi connectivity index (χ0n) is 27.0. The van der Waals surface area contributed by atoms with Crippen LogP contribution in [0.25, 0.3) is 27.3 Å². The van der Waals surface area contributed by atoms with Gasteiger partial charge in [0.15, 0.2) is 0 Å². The highest BCUT2D eigenvalue weighted by molar-refractivity contribution is 6.67. The highest BCUT2D eigenvalue weighted by Crippen LogP contribution is 2.26. The summed E-state index contributed by atoms with van der Waals surface area (Å²) < 4.78 is 3.23. The van der Waals surface area contributed by atoms with Gasteiger partial charge >= 0.3 is 5.97 Å². The molecule has 0 spiro atoms. The van der Waals surface area contributed by atoms with Crippen LogP contribution < -0.4 is 16.1 Å². The number of nitrogens with zero attached hydrogens (tertiary/aromatic N) is 5. The summed E-state index contributed by atoms with van der Waals surface area (Å²) in [6.45, 7) is 6.19. The number of fused-ring (bicyclic) bond motifs is 1. The molecule has 48 heavy (non-hydrogen) atoms. The molecule has 1 aliphatic rings.